The predicted molar refractivity (Wildman–Crippen MR) is 79.8 cm³/mol. The van der Waals surface area contributed by atoms with Crippen molar-refractivity contribution < 1.29 is 4.74 Å². The highest BCUT2D eigenvalue weighted by Gasteiger charge is 2.36. The first-order chi connectivity index (χ1) is 9.36. The van der Waals surface area contributed by atoms with E-state index < -0.39 is 0 Å². The minimum Gasteiger partial charge on any atom is -0.366 e. The van der Waals surface area contributed by atoms with Gasteiger partial charge < -0.3 is 15.0 Å². The molecule has 0 bridgehead atoms. The van der Waals surface area contributed by atoms with Crippen LogP contribution in [0.5, 0.6) is 0 Å². The molecule has 2 aromatic rings. The standard InChI is InChI=1S/C15H18N2OS/c1-19-8-10-7-17-13-5-9-6-16-12-4-2-3-11(14(9)12)15(13)18-10/h2-4,6,10,13,15-17H,5,7-8H2,1H3/t10?,13-,15-/m1/s1. The van der Waals surface area contributed by atoms with Gasteiger partial charge in [-0.05, 0) is 29.9 Å². The molecule has 0 amide bonds. The van der Waals surface area contributed by atoms with Crippen molar-refractivity contribution in [2.24, 2.45) is 0 Å². The lowest BCUT2D eigenvalue weighted by Crippen LogP contribution is -2.51. The molecule has 2 N–H and O–H groups in total. The van der Waals surface area contributed by atoms with Crippen LogP contribution < -0.4 is 5.32 Å². The lowest BCUT2D eigenvalue weighted by Gasteiger charge is -2.40. The summed E-state index contributed by atoms with van der Waals surface area (Å²) in [4.78, 5) is 3.38. The first kappa shape index (κ1) is 11.8. The summed E-state index contributed by atoms with van der Waals surface area (Å²) >= 11 is 1.86. The van der Waals surface area contributed by atoms with Crippen LogP contribution in [0.1, 0.15) is 17.2 Å². The van der Waals surface area contributed by atoms with E-state index in [4.69, 9.17) is 4.74 Å². The number of hydrogen-bond donors (Lipinski definition) is 2. The average molecular weight is 274 g/mol. The highest BCUT2D eigenvalue weighted by atomic mass is 32.2. The van der Waals surface area contributed by atoms with Crippen molar-refractivity contribution in [3.63, 3.8) is 0 Å². The second-order valence-electron chi connectivity index (χ2n) is 5.44. The van der Waals surface area contributed by atoms with Crippen LogP contribution in [0.2, 0.25) is 0 Å². The Morgan fingerprint density at radius 1 is 1.42 bits per heavy atom. The third-order valence-electron chi connectivity index (χ3n) is 4.23. The van der Waals surface area contributed by atoms with Gasteiger partial charge in [-0.25, -0.2) is 0 Å². The fraction of sp³-hybridized carbons (Fsp3) is 0.467. The Balaban J connectivity index is 1.76. The molecule has 4 heteroatoms. The number of H-pyrrole nitrogens is 1. The highest BCUT2D eigenvalue weighted by Crippen LogP contribution is 2.39. The van der Waals surface area contributed by atoms with Gasteiger partial charge in [0, 0.05) is 35.4 Å². The van der Waals surface area contributed by atoms with E-state index in [2.05, 4.69) is 41.0 Å². The Hall–Kier alpha value is -0.970. The number of fused-ring (bicyclic) bond motifs is 2. The van der Waals surface area contributed by atoms with E-state index in [1.807, 2.05) is 11.8 Å². The van der Waals surface area contributed by atoms with Crippen molar-refractivity contribution in [3.05, 3.63) is 35.5 Å². The van der Waals surface area contributed by atoms with Crippen molar-refractivity contribution in [1.82, 2.24) is 10.3 Å². The van der Waals surface area contributed by atoms with Gasteiger partial charge in [-0.3, -0.25) is 0 Å². The lowest BCUT2D eigenvalue weighted by molar-refractivity contribution is -0.0544. The zero-order chi connectivity index (χ0) is 12.8. The van der Waals surface area contributed by atoms with Crippen molar-refractivity contribution in [1.29, 1.82) is 0 Å². The molecule has 4 rings (SSSR count). The number of rotatable bonds is 2. The average Bonchev–Trinajstić information content (AvgIpc) is 2.85. The second kappa shape index (κ2) is 4.54. The van der Waals surface area contributed by atoms with Gasteiger partial charge in [-0.2, -0.15) is 11.8 Å². The fourth-order valence-electron chi connectivity index (χ4n) is 3.41. The molecule has 19 heavy (non-hydrogen) atoms. The van der Waals surface area contributed by atoms with Gasteiger partial charge in [0.25, 0.3) is 0 Å². The Morgan fingerprint density at radius 2 is 2.37 bits per heavy atom. The summed E-state index contributed by atoms with van der Waals surface area (Å²) in [5, 5.41) is 5.06. The van der Waals surface area contributed by atoms with Crippen LogP contribution in [0.15, 0.2) is 24.4 Å². The molecule has 1 aliphatic carbocycles. The number of morpholine rings is 1. The highest BCUT2D eigenvalue weighted by molar-refractivity contribution is 7.98. The third-order valence-corrected chi connectivity index (χ3v) is 4.94. The molecule has 3 atom stereocenters. The minimum atomic E-state index is 0.206. The Morgan fingerprint density at radius 3 is 3.26 bits per heavy atom. The number of aromatic nitrogens is 1. The van der Waals surface area contributed by atoms with Crippen LogP contribution in [-0.2, 0) is 11.2 Å². The summed E-state index contributed by atoms with van der Waals surface area (Å²) in [6, 6.07) is 6.92. The second-order valence-corrected chi connectivity index (χ2v) is 6.35. The molecule has 1 saturated heterocycles. The van der Waals surface area contributed by atoms with Crippen molar-refractivity contribution in [2.45, 2.75) is 24.7 Å². The smallest absolute Gasteiger partial charge is 0.0992 e. The SMILES string of the molecule is CSCC1CN[C@@H]2Cc3c[nH]c4cccc(c34)[C@H]2O1. The van der Waals surface area contributed by atoms with Gasteiger partial charge in [0.05, 0.1) is 12.2 Å². The third kappa shape index (κ3) is 1.82. The van der Waals surface area contributed by atoms with Crippen LogP contribution >= 0.6 is 11.8 Å². The molecule has 3 nitrogen and oxygen atoms in total. The summed E-state index contributed by atoms with van der Waals surface area (Å²) in [6.45, 7) is 0.970. The number of thioether (sulfide) groups is 1. The van der Waals surface area contributed by atoms with Gasteiger partial charge in [0.15, 0.2) is 0 Å². The molecule has 0 saturated carbocycles. The Kier molecular flexibility index (Phi) is 2.83. The summed E-state index contributed by atoms with van der Waals surface area (Å²) < 4.78 is 6.35. The quantitative estimate of drug-likeness (QED) is 0.883. The number of aromatic amines is 1. The first-order valence-corrected chi connectivity index (χ1v) is 8.23. The van der Waals surface area contributed by atoms with E-state index in [1.165, 1.54) is 22.0 Å². The maximum atomic E-state index is 6.35. The zero-order valence-electron chi connectivity index (χ0n) is 11.0. The van der Waals surface area contributed by atoms with Crippen LogP contribution in [0.25, 0.3) is 10.9 Å². The van der Waals surface area contributed by atoms with Crippen molar-refractivity contribution in [3.8, 4) is 0 Å². The van der Waals surface area contributed by atoms with E-state index in [0.717, 1.165) is 18.7 Å². The lowest BCUT2D eigenvalue weighted by atomic mass is 9.85. The predicted octanol–water partition coefficient (Wildman–Crippen LogP) is 2.49. The molecule has 0 radical (unpaired) electrons. The van der Waals surface area contributed by atoms with E-state index >= 15 is 0 Å². The van der Waals surface area contributed by atoms with E-state index in [0.29, 0.717) is 12.1 Å². The Labute approximate surface area is 117 Å². The topological polar surface area (TPSA) is 37.0 Å². The molecule has 1 fully saturated rings. The van der Waals surface area contributed by atoms with Gasteiger partial charge in [0.1, 0.15) is 0 Å². The number of hydrogen-bond acceptors (Lipinski definition) is 3. The van der Waals surface area contributed by atoms with Crippen molar-refractivity contribution in [2.75, 3.05) is 18.6 Å². The number of benzene rings is 1. The molecule has 1 aromatic carbocycles. The molecule has 1 aliphatic heterocycles. The summed E-state index contributed by atoms with van der Waals surface area (Å²) in [5.41, 5.74) is 4.01. The number of ether oxygens (including phenoxy) is 1. The summed E-state index contributed by atoms with van der Waals surface area (Å²) in [5.74, 6) is 1.06. The van der Waals surface area contributed by atoms with Gasteiger partial charge >= 0.3 is 0 Å². The van der Waals surface area contributed by atoms with Gasteiger partial charge in [0.2, 0.25) is 0 Å². The largest absolute Gasteiger partial charge is 0.366 e. The maximum absolute atomic E-state index is 6.35. The summed E-state index contributed by atoms with van der Waals surface area (Å²) in [6.07, 6.45) is 5.89. The molecule has 0 spiro atoms. The first-order valence-electron chi connectivity index (χ1n) is 6.83. The summed E-state index contributed by atoms with van der Waals surface area (Å²) in [7, 11) is 0. The van der Waals surface area contributed by atoms with Crippen molar-refractivity contribution >= 4 is 22.7 Å². The normalized spacial score (nSPS) is 29.4. The number of nitrogens with one attached hydrogen (secondary N) is 2. The Bertz CT molecular complexity index is 609. The maximum Gasteiger partial charge on any atom is 0.0992 e. The monoisotopic (exact) mass is 274 g/mol. The van der Waals surface area contributed by atoms with E-state index in [-0.39, 0.29) is 6.10 Å². The van der Waals surface area contributed by atoms with Crippen LogP contribution in [0.4, 0.5) is 0 Å². The molecular weight excluding hydrogens is 256 g/mol. The van der Waals surface area contributed by atoms with Crippen LogP contribution in [-0.4, -0.2) is 35.7 Å². The minimum absolute atomic E-state index is 0.206. The molecule has 2 aliphatic rings. The van der Waals surface area contributed by atoms with Crippen LogP contribution in [0, 0.1) is 0 Å². The fourth-order valence-corrected chi connectivity index (χ4v) is 3.98. The van der Waals surface area contributed by atoms with Gasteiger partial charge in [-0.1, -0.05) is 12.1 Å². The molecule has 1 aromatic heterocycles. The van der Waals surface area contributed by atoms with E-state index in [1.54, 1.807) is 0 Å². The van der Waals surface area contributed by atoms with E-state index in [9.17, 15) is 0 Å². The molecule has 100 valence electrons. The molecule has 2 heterocycles. The zero-order valence-corrected chi connectivity index (χ0v) is 11.8. The van der Waals surface area contributed by atoms with Crippen LogP contribution in [0.3, 0.4) is 0 Å². The molecule has 1 unspecified atom stereocenters. The molecular formula is C15H18N2OS. The van der Waals surface area contributed by atoms with Gasteiger partial charge in [-0.15, -0.1) is 0 Å².